The number of carbonyl (C=O) groups is 1. The zero-order valence-electron chi connectivity index (χ0n) is 23.0. The van der Waals surface area contributed by atoms with Crippen LogP contribution in [0.25, 0.3) is 0 Å². The number of fused-ring (bicyclic) bond motifs is 1. The molecule has 2 saturated heterocycles. The molecule has 1 N–H and O–H groups in total. The molecule has 44 heavy (non-hydrogen) atoms. The lowest BCUT2D eigenvalue weighted by atomic mass is 10.0. The second kappa shape index (κ2) is 11.5. The number of esters is 1. The maximum Gasteiger partial charge on any atom is 0.417 e. The maximum atomic E-state index is 13.5. The van der Waals surface area contributed by atoms with Gasteiger partial charge in [-0.3, -0.25) is 4.90 Å². The first kappa shape index (κ1) is 30.1. The van der Waals surface area contributed by atoms with Crippen molar-refractivity contribution >= 4 is 38.3 Å². The van der Waals surface area contributed by atoms with Gasteiger partial charge in [-0.1, -0.05) is 23.5 Å². The normalized spacial score (nSPS) is 20.6. The number of sulfonamides is 1. The van der Waals surface area contributed by atoms with E-state index in [0.29, 0.717) is 11.9 Å². The third-order valence-electron chi connectivity index (χ3n) is 7.61. The van der Waals surface area contributed by atoms with E-state index in [0.717, 1.165) is 29.0 Å². The summed E-state index contributed by atoms with van der Waals surface area (Å²) in [5, 5.41) is 2.88. The molecule has 5 heterocycles. The van der Waals surface area contributed by atoms with Gasteiger partial charge in [0.1, 0.15) is 18.2 Å². The number of thiazole rings is 1. The molecule has 0 saturated carbocycles. The molecule has 0 radical (unpaired) electrons. The molecule has 3 aromatic heterocycles. The largest absolute Gasteiger partial charge is 0.463 e. The number of alkyl halides is 3. The van der Waals surface area contributed by atoms with Crippen LogP contribution in [0.4, 0.5) is 28.5 Å². The number of aromatic nitrogens is 4. The zero-order valence-corrected chi connectivity index (χ0v) is 24.6. The molecule has 0 bridgehead atoms. The highest BCUT2D eigenvalue weighted by molar-refractivity contribution is 7.91. The molecule has 4 aromatic rings. The predicted octanol–water partition coefficient (Wildman–Crippen LogP) is 4.22. The fourth-order valence-electron chi connectivity index (χ4n) is 5.29. The molecular weight excluding hydrogens is 626 g/mol. The Balaban J connectivity index is 1.17. The van der Waals surface area contributed by atoms with E-state index in [2.05, 4.69) is 20.3 Å². The van der Waals surface area contributed by atoms with E-state index in [1.165, 1.54) is 22.6 Å². The Morgan fingerprint density at radius 2 is 1.84 bits per heavy atom. The van der Waals surface area contributed by atoms with E-state index in [1.54, 1.807) is 24.7 Å². The van der Waals surface area contributed by atoms with Crippen LogP contribution in [0, 0.1) is 5.82 Å². The molecule has 2 aliphatic heterocycles. The molecule has 0 amide bonds. The predicted molar refractivity (Wildman–Crippen MR) is 150 cm³/mol. The third-order valence-corrected chi connectivity index (χ3v) is 10.8. The van der Waals surface area contributed by atoms with Crippen LogP contribution < -0.4 is 5.32 Å². The van der Waals surface area contributed by atoms with Crippen molar-refractivity contribution in [2.75, 3.05) is 31.6 Å². The van der Waals surface area contributed by atoms with Gasteiger partial charge in [0.05, 0.1) is 42.1 Å². The molecule has 232 valence electrons. The first-order valence-electron chi connectivity index (χ1n) is 13.4. The number of halogens is 4. The van der Waals surface area contributed by atoms with Crippen LogP contribution in [-0.2, 0) is 25.7 Å². The number of nitrogens with zero attached hydrogens (tertiary/aromatic N) is 6. The Kier molecular flexibility index (Phi) is 7.89. The summed E-state index contributed by atoms with van der Waals surface area (Å²) in [4.78, 5) is 27.0. The molecule has 2 aliphatic rings. The number of morpholine rings is 1. The molecule has 2 fully saturated rings. The summed E-state index contributed by atoms with van der Waals surface area (Å²) in [5.74, 6) is -0.756. The summed E-state index contributed by atoms with van der Waals surface area (Å²) in [6.45, 7) is 2.28. The van der Waals surface area contributed by atoms with Crippen LogP contribution in [0.1, 0.15) is 35.8 Å². The maximum absolute atomic E-state index is 13.5. The minimum Gasteiger partial charge on any atom is -0.463 e. The molecule has 6 rings (SSSR count). The van der Waals surface area contributed by atoms with Crippen molar-refractivity contribution in [2.45, 2.75) is 35.4 Å². The number of carbonyl (C=O) groups excluding carboxylic acids is 1. The summed E-state index contributed by atoms with van der Waals surface area (Å²) < 4.78 is 87.6. The fraction of sp³-hybridized carbons (Fsp3) is 0.333. The number of anilines is 2. The Morgan fingerprint density at radius 3 is 2.55 bits per heavy atom. The van der Waals surface area contributed by atoms with Gasteiger partial charge in [0.25, 0.3) is 10.0 Å². The van der Waals surface area contributed by atoms with Crippen LogP contribution in [0.3, 0.4) is 0 Å². The van der Waals surface area contributed by atoms with Gasteiger partial charge >= 0.3 is 12.1 Å². The summed E-state index contributed by atoms with van der Waals surface area (Å²) in [6.07, 6.45) is 0.495. The molecule has 0 spiro atoms. The second-order valence-corrected chi connectivity index (χ2v) is 13.5. The van der Waals surface area contributed by atoms with E-state index in [1.807, 2.05) is 16.4 Å². The number of imidazole rings is 1. The van der Waals surface area contributed by atoms with Crippen molar-refractivity contribution in [3.05, 3.63) is 84.0 Å². The zero-order chi connectivity index (χ0) is 31.2. The second-order valence-electron chi connectivity index (χ2n) is 10.3. The molecule has 1 aromatic carbocycles. The van der Waals surface area contributed by atoms with E-state index < -0.39 is 39.8 Å². The van der Waals surface area contributed by atoms with Gasteiger partial charge in [0.2, 0.25) is 0 Å². The molecule has 11 nitrogen and oxygen atoms in total. The number of hydrogen-bond donors (Lipinski definition) is 1. The van der Waals surface area contributed by atoms with Gasteiger partial charge < -0.3 is 14.6 Å². The number of nitrogens with one attached hydrogen (secondary N) is 1. The number of rotatable bonds is 7. The van der Waals surface area contributed by atoms with Gasteiger partial charge in [0.15, 0.2) is 15.4 Å². The van der Waals surface area contributed by atoms with Crippen molar-refractivity contribution in [1.29, 1.82) is 0 Å². The lowest BCUT2D eigenvalue weighted by Crippen LogP contribution is -2.61. The quantitative estimate of drug-likeness (QED) is 0.231. The monoisotopic (exact) mass is 651 g/mol. The third kappa shape index (κ3) is 5.79. The van der Waals surface area contributed by atoms with Crippen LogP contribution in [0.2, 0.25) is 0 Å². The van der Waals surface area contributed by atoms with Crippen LogP contribution in [-0.4, -0.2) is 75.4 Å². The highest BCUT2D eigenvalue weighted by Crippen LogP contribution is 2.36. The number of cyclic esters (lactones) is 1. The van der Waals surface area contributed by atoms with Crippen molar-refractivity contribution in [2.24, 2.45) is 0 Å². The van der Waals surface area contributed by atoms with Gasteiger partial charge in [0, 0.05) is 25.8 Å². The summed E-state index contributed by atoms with van der Waals surface area (Å²) in [7, 11) is -3.99. The summed E-state index contributed by atoms with van der Waals surface area (Å²) in [6, 6.07) is 6.51. The number of benzene rings is 1. The average molecular weight is 652 g/mol. The molecule has 17 heteroatoms. The van der Waals surface area contributed by atoms with Crippen molar-refractivity contribution in [3.63, 3.8) is 0 Å². The molecular formula is C27H25F4N7O4S2. The SMILES string of the molecule is C[C@H](c1ccc(F)cc1)n1cncc1C1C(=O)OCC2CN(S(=O)(=O)c3cnc(Nc4ccc(C(F)(F)F)cn4)s3)CCN21. The van der Waals surface area contributed by atoms with Gasteiger partial charge in [-0.25, -0.2) is 32.6 Å². The summed E-state index contributed by atoms with van der Waals surface area (Å²) in [5.41, 5.74) is 0.477. The van der Waals surface area contributed by atoms with E-state index in [-0.39, 0.29) is 53.3 Å². The molecule has 2 unspecified atom stereocenters. The number of piperazine rings is 1. The van der Waals surface area contributed by atoms with Gasteiger partial charge in [-0.2, -0.15) is 17.5 Å². The average Bonchev–Trinajstić information content (AvgIpc) is 3.67. The van der Waals surface area contributed by atoms with Crippen molar-refractivity contribution in [1.82, 2.24) is 28.7 Å². The smallest absolute Gasteiger partial charge is 0.417 e. The number of ether oxygens (including phenoxy) is 1. The summed E-state index contributed by atoms with van der Waals surface area (Å²) >= 11 is 0.822. The highest BCUT2D eigenvalue weighted by Gasteiger charge is 2.46. The topological polar surface area (TPSA) is 123 Å². The lowest BCUT2D eigenvalue weighted by molar-refractivity contribution is -0.166. The Morgan fingerprint density at radius 1 is 1.07 bits per heavy atom. The first-order valence-corrected chi connectivity index (χ1v) is 15.6. The Hall–Kier alpha value is -3.93. The van der Waals surface area contributed by atoms with E-state index in [9.17, 15) is 30.8 Å². The van der Waals surface area contributed by atoms with E-state index >= 15 is 0 Å². The number of pyridine rings is 1. The van der Waals surface area contributed by atoms with Crippen LogP contribution in [0.15, 0.2) is 65.5 Å². The van der Waals surface area contributed by atoms with Gasteiger partial charge in [-0.15, -0.1) is 0 Å². The fourth-order valence-corrected chi connectivity index (χ4v) is 7.95. The van der Waals surface area contributed by atoms with Crippen LogP contribution >= 0.6 is 11.3 Å². The van der Waals surface area contributed by atoms with Crippen LogP contribution in [0.5, 0.6) is 0 Å². The van der Waals surface area contributed by atoms with Crippen molar-refractivity contribution in [3.8, 4) is 0 Å². The van der Waals surface area contributed by atoms with Gasteiger partial charge in [-0.05, 0) is 36.8 Å². The minimum atomic E-state index is -4.53. The van der Waals surface area contributed by atoms with Crippen molar-refractivity contribution < 1.29 is 35.5 Å². The molecule has 3 atom stereocenters. The first-order chi connectivity index (χ1) is 20.9. The Bertz CT molecular complexity index is 1760. The lowest BCUT2D eigenvalue weighted by Gasteiger charge is -2.46. The minimum absolute atomic E-state index is 0.00189. The number of hydrogen-bond acceptors (Lipinski definition) is 10. The standard InChI is InChI=1S/C27H25F4N7O4S2/c1-16(17-2-5-19(28)6-3-17)38-15-32-11-21(38)24-25(39)42-14-20-13-36(8-9-37(20)24)44(40,41)23-12-34-26(43-23)35-22-7-4-18(10-33-22)27(29,30)31/h2-7,10-12,15-16,20,24H,8-9,13-14H2,1H3,(H,33,34,35)/t16-,20?,24?/m1/s1. The Labute approximate surface area is 253 Å². The molecule has 0 aliphatic carbocycles. The highest BCUT2D eigenvalue weighted by atomic mass is 32.2. The van der Waals surface area contributed by atoms with E-state index in [4.69, 9.17) is 4.74 Å².